The third kappa shape index (κ3) is 6.23. The van der Waals surface area contributed by atoms with Gasteiger partial charge in [0, 0.05) is 43.2 Å². The number of nitrogens with zero attached hydrogens (tertiary/aromatic N) is 2. The highest BCUT2D eigenvalue weighted by atomic mass is 35.5. The molecule has 2 aromatic rings. The van der Waals surface area contributed by atoms with E-state index in [4.69, 9.17) is 16.3 Å². The molecule has 0 saturated heterocycles. The number of carbonyl (C=O) groups excluding carboxylic acids is 2. The second-order valence-electron chi connectivity index (χ2n) is 14.6. The molecule has 3 N–H and O–H groups in total. The Balaban J connectivity index is 1.47. The molecule has 0 radical (unpaired) electrons. The fourth-order valence-corrected chi connectivity index (χ4v) is 9.52. The number of fused-ring (bicyclic) bond motifs is 4. The van der Waals surface area contributed by atoms with E-state index in [0.717, 1.165) is 25.7 Å². The molecule has 48 heavy (non-hydrogen) atoms. The van der Waals surface area contributed by atoms with Gasteiger partial charge in [0.05, 0.1) is 17.5 Å². The van der Waals surface area contributed by atoms with Crippen molar-refractivity contribution >= 4 is 39.1 Å². The lowest BCUT2D eigenvalue weighted by molar-refractivity contribution is -0.163. The molecule has 0 aromatic heterocycles. The molecule has 1 fully saturated rings. The van der Waals surface area contributed by atoms with E-state index in [-0.39, 0.29) is 17.9 Å². The van der Waals surface area contributed by atoms with Crippen molar-refractivity contribution in [3.63, 3.8) is 0 Å². The van der Waals surface area contributed by atoms with Crippen LogP contribution in [0.15, 0.2) is 48.6 Å². The van der Waals surface area contributed by atoms with Crippen LogP contribution in [0.4, 0.5) is 5.69 Å². The number of halogens is 1. The average Bonchev–Trinajstić information content (AvgIpc) is 3.17. The van der Waals surface area contributed by atoms with Gasteiger partial charge < -0.3 is 24.7 Å². The van der Waals surface area contributed by atoms with Gasteiger partial charge in [0.1, 0.15) is 11.4 Å². The molecule has 10 nitrogen and oxygen atoms in total. The summed E-state index contributed by atoms with van der Waals surface area (Å²) in [7, 11) is -1.00. The van der Waals surface area contributed by atoms with E-state index in [9.17, 15) is 28.2 Å². The average molecular weight is 700 g/mol. The number of hydrogen-bond acceptors (Lipinski definition) is 8. The third-order valence-electron chi connectivity index (χ3n) is 11.3. The maximum Gasteiger partial charge on any atom is 0.264 e. The van der Waals surface area contributed by atoms with Crippen LogP contribution in [0.2, 0.25) is 5.02 Å². The number of nitrogens with one attached hydrogen (secondary N) is 1. The molecular formula is C36H46ClN3O7S. The van der Waals surface area contributed by atoms with E-state index in [1.807, 2.05) is 12.1 Å². The van der Waals surface area contributed by atoms with E-state index in [1.54, 1.807) is 31.2 Å². The Morgan fingerprint density at radius 1 is 1.17 bits per heavy atom. The maximum atomic E-state index is 13.5. The van der Waals surface area contributed by atoms with E-state index >= 15 is 0 Å². The van der Waals surface area contributed by atoms with Crippen molar-refractivity contribution in [2.24, 2.45) is 17.8 Å². The van der Waals surface area contributed by atoms with Crippen LogP contribution in [0.3, 0.4) is 0 Å². The number of aryl methyl sites for hydroxylation is 1. The highest BCUT2D eigenvalue weighted by Gasteiger charge is 2.53. The largest absolute Gasteiger partial charge is 0.490 e. The fourth-order valence-electron chi connectivity index (χ4n) is 8.04. The summed E-state index contributed by atoms with van der Waals surface area (Å²) in [5.41, 5.74) is 0.917. The minimum Gasteiger partial charge on any atom is -0.490 e. The van der Waals surface area contributed by atoms with Crippen molar-refractivity contribution in [3.05, 3.63) is 70.3 Å². The zero-order chi connectivity index (χ0) is 34.6. The summed E-state index contributed by atoms with van der Waals surface area (Å²) in [5.74, 6) is -1.75. The topological polar surface area (TPSA) is 136 Å². The van der Waals surface area contributed by atoms with Crippen molar-refractivity contribution < 1.29 is 33.0 Å². The predicted octanol–water partition coefficient (Wildman–Crippen LogP) is 4.06. The van der Waals surface area contributed by atoms with Crippen LogP contribution in [-0.2, 0) is 26.7 Å². The monoisotopic (exact) mass is 699 g/mol. The molecule has 1 saturated carbocycles. The van der Waals surface area contributed by atoms with Crippen molar-refractivity contribution in [1.29, 1.82) is 0 Å². The molecule has 12 heteroatoms. The van der Waals surface area contributed by atoms with Gasteiger partial charge in [-0.2, -0.15) is 0 Å². The van der Waals surface area contributed by atoms with Crippen LogP contribution < -0.4 is 14.4 Å². The van der Waals surface area contributed by atoms with Gasteiger partial charge in [0.2, 0.25) is 10.0 Å². The minimum absolute atomic E-state index is 0.109. The first-order valence-electron chi connectivity index (χ1n) is 16.8. The zero-order valence-corrected chi connectivity index (χ0v) is 29.6. The van der Waals surface area contributed by atoms with E-state index in [2.05, 4.69) is 15.7 Å². The van der Waals surface area contributed by atoms with Crippen molar-refractivity contribution in [2.75, 3.05) is 38.7 Å². The molecule has 260 valence electrons. The number of benzene rings is 2. The highest BCUT2D eigenvalue weighted by molar-refractivity contribution is 7.90. The second-order valence-corrected chi connectivity index (χ2v) is 17.0. The van der Waals surface area contributed by atoms with Gasteiger partial charge in [0.25, 0.3) is 11.8 Å². The Labute approximate surface area is 288 Å². The second kappa shape index (κ2) is 13.0. The van der Waals surface area contributed by atoms with Crippen LogP contribution in [0, 0.1) is 17.8 Å². The number of hydrogen-bond donors (Lipinski definition) is 3. The molecule has 2 aromatic carbocycles. The lowest BCUT2D eigenvalue weighted by atomic mass is 9.62. The molecule has 7 atom stereocenters. The standard InChI is InChI=1S/C36H46ClN3O7S/c1-22-7-5-16-36(44,32(41)34(43)39(3)4)29-12-9-26(29)19-40-20-35(15-6-8-24-17-27(37)11-13-28(24)35)21-47-31-14-10-25(18-30(31)40)33(42)38-48(45,46)23(22)2/h5,10-11,13-14,16-18,22-23,26,29,32,41,44H,6-9,12,15,19-21H2,1-4H3,(H,38,42)/b16-5-/t22-,23+,26-,29+,32-,35-,36-/m0/s1. The number of aliphatic hydroxyl groups is 2. The summed E-state index contributed by atoms with van der Waals surface area (Å²) in [4.78, 5) is 30.1. The highest BCUT2D eigenvalue weighted by Crippen LogP contribution is 2.49. The lowest BCUT2D eigenvalue weighted by Crippen LogP contribution is -2.60. The number of likely N-dealkylation sites (N-methyl/N-ethyl adjacent to an activating group) is 1. The van der Waals surface area contributed by atoms with Crippen molar-refractivity contribution in [1.82, 2.24) is 9.62 Å². The SMILES string of the molecule is C[C@@H]1[C@@H](C)C/C=C\[C@@](O)([C@@H](O)C(=O)N(C)C)[C@@H]2CC[C@H]2CN2C[C@@]3(CCCc4cc(Cl)ccc43)COc3ccc(cc32)C(=O)NS1(=O)=O. The Kier molecular flexibility index (Phi) is 9.38. The summed E-state index contributed by atoms with van der Waals surface area (Å²) in [5, 5.41) is 23.4. The number of aliphatic hydroxyl groups excluding tert-OH is 1. The number of amides is 2. The lowest BCUT2D eigenvalue weighted by Gasteiger charge is -2.50. The zero-order valence-electron chi connectivity index (χ0n) is 28.0. The molecule has 2 aliphatic carbocycles. The third-order valence-corrected chi connectivity index (χ3v) is 13.4. The molecular weight excluding hydrogens is 654 g/mol. The number of rotatable bonds is 2. The van der Waals surface area contributed by atoms with E-state index < -0.39 is 56.0 Å². The number of carbonyl (C=O) groups is 2. The van der Waals surface area contributed by atoms with Gasteiger partial charge >= 0.3 is 0 Å². The molecule has 2 heterocycles. The first-order valence-corrected chi connectivity index (χ1v) is 18.7. The van der Waals surface area contributed by atoms with Crippen molar-refractivity contribution in [3.8, 4) is 5.75 Å². The number of allylic oxidation sites excluding steroid dienone is 1. The molecule has 0 unspecified atom stereocenters. The van der Waals surface area contributed by atoms with Crippen molar-refractivity contribution in [2.45, 2.75) is 74.7 Å². The van der Waals surface area contributed by atoms with Gasteiger partial charge in [-0.05, 0) is 105 Å². The van der Waals surface area contributed by atoms with Crippen LogP contribution in [-0.4, -0.2) is 86.1 Å². The Bertz CT molecular complexity index is 1730. The number of sulfonamides is 1. The van der Waals surface area contributed by atoms with Gasteiger partial charge in [-0.3, -0.25) is 9.59 Å². The normalized spacial score (nSPS) is 32.7. The van der Waals surface area contributed by atoms with E-state index in [1.165, 1.54) is 43.1 Å². The summed E-state index contributed by atoms with van der Waals surface area (Å²) in [6.07, 6.45) is 5.76. The minimum atomic E-state index is -4.08. The van der Waals surface area contributed by atoms with Crippen LogP contribution in [0.5, 0.6) is 5.75 Å². The smallest absolute Gasteiger partial charge is 0.264 e. The van der Waals surface area contributed by atoms with Gasteiger partial charge in [-0.15, -0.1) is 0 Å². The summed E-state index contributed by atoms with van der Waals surface area (Å²) in [6.45, 7) is 4.69. The molecule has 2 bridgehead atoms. The van der Waals surface area contributed by atoms with Gasteiger partial charge in [-0.1, -0.05) is 36.7 Å². The first kappa shape index (κ1) is 34.7. The van der Waals surface area contributed by atoms with Crippen LogP contribution in [0.1, 0.15) is 67.4 Å². The molecule has 6 rings (SSSR count). The summed E-state index contributed by atoms with van der Waals surface area (Å²) >= 11 is 6.41. The van der Waals surface area contributed by atoms with E-state index in [0.29, 0.717) is 42.6 Å². The number of anilines is 1. The summed E-state index contributed by atoms with van der Waals surface area (Å²) < 4.78 is 35.6. The van der Waals surface area contributed by atoms with Crippen LogP contribution in [0.25, 0.3) is 0 Å². The van der Waals surface area contributed by atoms with Gasteiger partial charge in [0.15, 0.2) is 6.10 Å². The quantitative estimate of drug-likeness (QED) is 0.400. The molecule has 2 amide bonds. The fraction of sp³-hybridized carbons (Fsp3) is 0.556. The first-order chi connectivity index (χ1) is 22.6. The molecule has 1 spiro atoms. The Hall–Kier alpha value is -3.12. The Morgan fingerprint density at radius 3 is 2.65 bits per heavy atom. The maximum absolute atomic E-state index is 13.5. The Morgan fingerprint density at radius 2 is 1.94 bits per heavy atom. The number of ether oxygens (including phenoxy) is 1. The predicted molar refractivity (Wildman–Crippen MR) is 185 cm³/mol. The van der Waals surface area contributed by atoms with Gasteiger partial charge in [-0.25, -0.2) is 13.1 Å². The molecule has 2 aliphatic heterocycles. The summed E-state index contributed by atoms with van der Waals surface area (Å²) in [6, 6.07) is 11.0. The molecule has 4 aliphatic rings. The van der Waals surface area contributed by atoms with Crippen LogP contribution >= 0.6 is 11.6 Å².